The molecule has 0 saturated carbocycles. The standard InChI is InChI=1S/C13H15N7O2/c14-12-11(13(22)20-19-12)18-15-8-3-1-7(2-4-8)9-5-6-10(21)17-16-9/h1-4,12,15,19H,5-6,14H2,(H,17,21)(H,20,22). The number of anilines is 1. The van der Waals surface area contributed by atoms with E-state index in [-0.39, 0.29) is 17.5 Å². The summed E-state index contributed by atoms with van der Waals surface area (Å²) in [5, 5.41) is 8.02. The van der Waals surface area contributed by atoms with Crippen molar-refractivity contribution in [1.29, 1.82) is 0 Å². The van der Waals surface area contributed by atoms with Crippen LogP contribution in [0.3, 0.4) is 0 Å². The van der Waals surface area contributed by atoms with Crippen LogP contribution >= 0.6 is 0 Å². The van der Waals surface area contributed by atoms with Gasteiger partial charge in [0.2, 0.25) is 5.91 Å². The maximum Gasteiger partial charge on any atom is 0.284 e. The quantitative estimate of drug-likeness (QED) is 0.456. The van der Waals surface area contributed by atoms with Gasteiger partial charge in [-0.3, -0.25) is 20.4 Å². The number of nitrogens with zero attached hydrogens (tertiary/aromatic N) is 2. The molecule has 9 heteroatoms. The minimum absolute atomic E-state index is 0.0716. The average Bonchev–Trinajstić information content (AvgIpc) is 2.85. The van der Waals surface area contributed by atoms with Crippen molar-refractivity contribution in [3.05, 3.63) is 29.8 Å². The van der Waals surface area contributed by atoms with Gasteiger partial charge in [-0.05, 0) is 17.7 Å². The number of benzene rings is 1. The van der Waals surface area contributed by atoms with Crippen LogP contribution in [0.15, 0.2) is 34.5 Å². The maximum absolute atomic E-state index is 11.4. The molecular formula is C13H15N7O2. The Balaban J connectivity index is 1.68. The van der Waals surface area contributed by atoms with E-state index >= 15 is 0 Å². The van der Waals surface area contributed by atoms with Gasteiger partial charge in [-0.25, -0.2) is 10.9 Å². The number of nitrogens with two attached hydrogens (primary N) is 1. The minimum atomic E-state index is -0.639. The van der Waals surface area contributed by atoms with Gasteiger partial charge in [0.25, 0.3) is 5.91 Å². The zero-order valence-electron chi connectivity index (χ0n) is 11.6. The molecule has 0 aromatic heterocycles. The van der Waals surface area contributed by atoms with Crippen LogP contribution in [0.2, 0.25) is 0 Å². The first-order valence-corrected chi connectivity index (χ1v) is 6.74. The van der Waals surface area contributed by atoms with E-state index in [0.29, 0.717) is 18.5 Å². The van der Waals surface area contributed by atoms with Gasteiger partial charge in [0, 0.05) is 12.8 Å². The lowest BCUT2D eigenvalue weighted by Crippen LogP contribution is -2.39. The fourth-order valence-corrected chi connectivity index (χ4v) is 2.08. The summed E-state index contributed by atoms with van der Waals surface area (Å²) in [4.78, 5) is 22.5. The second-order valence-corrected chi connectivity index (χ2v) is 4.86. The van der Waals surface area contributed by atoms with Crippen molar-refractivity contribution < 1.29 is 9.59 Å². The molecule has 0 spiro atoms. The third-order valence-corrected chi connectivity index (χ3v) is 3.30. The number of carbonyl (C=O) groups excluding carboxylic acids is 2. The lowest BCUT2D eigenvalue weighted by Gasteiger charge is -2.12. The van der Waals surface area contributed by atoms with Crippen LogP contribution in [0.5, 0.6) is 0 Å². The van der Waals surface area contributed by atoms with Gasteiger partial charge < -0.3 is 5.73 Å². The summed E-state index contributed by atoms with van der Waals surface area (Å²) >= 11 is 0. The fraction of sp³-hybridized carbons (Fsp3) is 0.231. The lowest BCUT2D eigenvalue weighted by atomic mass is 10.0. The summed E-state index contributed by atoms with van der Waals surface area (Å²) < 4.78 is 0. The Kier molecular flexibility index (Phi) is 3.81. The molecule has 114 valence electrons. The van der Waals surface area contributed by atoms with Gasteiger partial charge in [-0.2, -0.15) is 10.2 Å². The largest absolute Gasteiger partial charge is 0.309 e. The Hall–Kier alpha value is -2.78. The molecular weight excluding hydrogens is 286 g/mol. The average molecular weight is 301 g/mol. The van der Waals surface area contributed by atoms with Crippen molar-refractivity contribution in [1.82, 2.24) is 16.3 Å². The van der Waals surface area contributed by atoms with E-state index in [4.69, 9.17) is 5.73 Å². The van der Waals surface area contributed by atoms with E-state index < -0.39 is 6.17 Å². The predicted octanol–water partition coefficient (Wildman–Crippen LogP) is -1.01. The molecule has 1 saturated heterocycles. The molecule has 2 aliphatic rings. The number of nitrogens with one attached hydrogen (secondary N) is 4. The minimum Gasteiger partial charge on any atom is -0.309 e. The van der Waals surface area contributed by atoms with E-state index in [1.807, 2.05) is 24.3 Å². The maximum atomic E-state index is 11.4. The summed E-state index contributed by atoms with van der Waals surface area (Å²) in [7, 11) is 0. The van der Waals surface area contributed by atoms with Gasteiger partial charge in [0.15, 0.2) is 5.71 Å². The van der Waals surface area contributed by atoms with E-state index in [1.54, 1.807) is 0 Å². The van der Waals surface area contributed by atoms with Gasteiger partial charge in [-0.1, -0.05) is 12.1 Å². The first-order chi connectivity index (χ1) is 10.6. The van der Waals surface area contributed by atoms with E-state index in [2.05, 4.69) is 31.9 Å². The summed E-state index contributed by atoms with van der Waals surface area (Å²) in [6.07, 6.45) is 0.410. The third kappa shape index (κ3) is 2.95. The Morgan fingerprint density at radius 3 is 2.59 bits per heavy atom. The predicted molar refractivity (Wildman–Crippen MR) is 80.7 cm³/mol. The van der Waals surface area contributed by atoms with Crippen LogP contribution in [-0.2, 0) is 9.59 Å². The van der Waals surface area contributed by atoms with E-state index in [9.17, 15) is 9.59 Å². The molecule has 0 aliphatic carbocycles. The molecule has 0 radical (unpaired) electrons. The molecule has 1 atom stereocenters. The number of hydrogen-bond donors (Lipinski definition) is 5. The Morgan fingerprint density at radius 1 is 1.23 bits per heavy atom. The SMILES string of the molecule is NC1NNC(=O)C1=NNc1ccc(C2=NNC(=O)CC2)cc1. The molecule has 3 rings (SSSR count). The van der Waals surface area contributed by atoms with Crippen LogP contribution in [0.4, 0.5) is 5.69 Å². The van der Waals surface area contributed by atoms with E-state index in [0.717, 1.165) is 11.3 Å². The Bertz CT molecular complexity index is 665. The fourth-order valence-electron chi connectivity index (χ4n) is 2.08. The zero-order chi connectivity index (χ0) is 15.5. The van der Waals surface area contributed by atoms with Crippen molar-refractivity contribution >= 4 is 28.9 Å². The van der Waals surface area contributed by atoms with Crippen LogP contribution in [0, 0.1) is 0 Å². The van der Waals surface area contributed by atoms with Crippen molar-refractivity contribution in [2.75, 3.05) is 5.43 Å². The highest BCUT2D eigenvalue weighted by molar-refractivity contribution is 6.42. The second-order valence-electron chi connectivity index (χ2n) is 4.86. The molecule has 6 N–H and O–H groups in total. The lowest BCUT2D eigenvalue weighted by molar-refractivity contribution is -0.121. The monoisotopic (exact) mass is 301 g/mol. The molecule has 22 heavy (non-hydrogen) atoms. The van der Waals surface area contributed by atoms with Crippen LogP contribution in [-0.4, -0.2) is 29.4 Å². The van der Waals surface area contributed by atoms with Crippen LogP contribution in [0.1, 0.15) is 18.4 Å². The van der Waals surface area contributed by atoms with Crippen molar-refractivity contribution in [3.63, 3.8) is 0 Å². The highest BCUT2D eigenvalue weighted by atomic mass is 16.2. The molecule has 2 heterocycles. The number of rotatable bonds is 3. The number of hydrazone groups is 2. The van der Waals surface area contributed by atoms with Gasteiger partial charge >= 0.3 is 0 Å². The van der Waals surface area contributed by atoms with E-state index in [1.165, 1.54) is 0 Å². The molecule has 1 fully saturated rings. The molecule has 1 aromatic carbocycles. The van der Waals surface area contributed by atoms with Crippen molar-refractivity contribution in [3.8, 4) is 0 Å². The van der Waals surface area contributed by atoms with Gasteiger partial charge in [0.05, 0.1) is 11.4 Å². The zero-order valence-corrected chi connectivity index (χ0v) is 11.6. The molecule has 1 aromatic rings. The summed E-state index contributed by atoms with van der Waals surface area (Å²) in [6, 6.07) is 7.35. The van der Waals surface area contributed by atoms with Crippen molar-refractivity contribution in [2.45, 2.75) is 19.0 Å². The molecule has 2 amide bonds. The first-order valence-electron chi connectivity index (χ1n) is 6.74. The van der Waals surface area contributed by atoms with Gasteiger partial charge in [-0.15, -0.1) is 0 Å². The summed E-state index contributed by atoms with van der Waals surface area (Å²) in [5.74, 6) is -0.429. The summed E-state index contributed by atoms with van der Waals surface area (Å²) in [6.45, 7) is 0. The smallest absolute Gasteiger partial charge is 0.284 e. The van der Waals surface area contributed by atoms with Gasteiger partial charge in [0.1, 0.15) is 6.17 Å². The van der Waals surface area contributed by atoms with Crippen molar-refractivity contribution in [2.24, 2.45) is 15.9 Å². The first kappa shape index (κ1) is 14.2. The Labute approximate surface area is 126 Å². The molecule has 0 bridgehead atoms. The topological polar surface area (TPSA) is 133 Å². The van der Waals surface area contributed by atoms with Crippen LogP contribution in [0.25, 0.3) is 0 Å². The third-order valence-electron chi connectivity index (χ3n) is 3.30. The molecule has 2 aliphatic heterocycles. The number of hydrazine groups is 1. The second kappa shape index (κ2) is 5.92. The normalized spacial score (nSPS) is 23.0. The summed E-state index contributed by atoms with van der Waals surface area (Å²) in [5.41, 5.74) is 18.5. The molecule has 9 nitrogen and oxygen atoms in total. The highest BCUT2D eigenvalue weighted by Gasteiger charge is 2.26. The Morgan fingerprint density at radius 2 is 2.00 bits per heavy atom. The van der Waals surface area contributed by atoms with Crippen LogP contribution < -0.4 is 27.4 Å². The number of hydrogen-bond acceptors (Lipinski definition) is 7. The number of carbonyl (C=O) groups is 2. The number of amides is 2. The highest BCUT2D eigenvalue weighted by Crippen LogP contribution is 2.14. The molecule has 1 unspecified atom stereocenters.